The monoisotopic (exact) mass is 496 g/mol. The molecule has 0 saturated heterocycles. The fraction of sp³-hybridized carbons (Fsp3) is 0.267. The van der Waals surface area contributed by atoms with Crippen LogP contribution in [-0.2, 0) is 19.7 Å². The molecule has 0 aliphatic carbocycles. The molecular formula is C30H28N2O5. The molecule has 0 bridgehead atoms. The van der Waals surface area contributed by atoms with Gasteiger partial charge in [0.05, 0.1) is 11.1 Å². The number of fused-ring (bicyclic) bond motifs is 2. The lowest BCUT2D eigenvalue weighted by Crippen LogP contribution is -2.56. The third kappa shape index (κ3) is 4.10. The van der Waals surface area contributed by atoms with Crippen LogP contribution >= 0.6 is 0 Å². The van der Waals surface area contributed by atoms with E-state index in [4.69, 9.17) is 4.74 Å². The summed E-state index contributed by atoms with van der Waals surface area (Å²) in [6.07, 6.45) is 0.662. The second-order valence-electron chi connectivity index (χ2n) is 10.3. The third-order valence-electron chi connectivity index (χ3n) is 7.31. The summed E-state index contributed by atoms with van der Waals surface area (Å²) < 4.78 is 5.28. The van der Waals surface area contributed by atoms with Gasteiger partial charge in [-0.25, -0.2) is 0 Å². The number of amides is 3. The summed E-state index contributed by atoms with van der Waals surface area (Å²) in [6, 6.07) is 24.4. The van der Waals surface area contributed by atoms with Crippen molar-refractivity contribution in [2.75, 3.05) is 18.1 Å². The molecule has 0 N–H and O–H groups in total. The number of hydrogen-bond acceptors (Lipinski definition) is 5. The summed E-state index contributed by atoms with van der Waals surface area (Å²) in [4.78, 5) is 53.7. The second kappa shape index (κ2) is 9.00. The van der Waals surface area contributed by atoms with Gasteiger partial charge in [0.25, 0.3) is 17.7 Å². The molecule has 0 saturated carbocycles. The highest BCUT2D eigenvalue weighted by Crippen LogP contribution is 2.50. The Bertz CT molecular complexity index is 1380. The maximum Gasteiger partial charge on any atom is 0.326 e. The Hall–Kier alpha value is -4.26. The molecule has 0 spiro atoms. The smallest absolute Gasteiger partial charge is 0.326 e. The minimum absolute atomic E-state index is 0.254. The van der Waals surface area contributed by atoms with E-state index in [1.54, 1.807) is 29.2 Å². The quantitative estimate of drug-likeness (QED) is 0.387. The van der Waals surface area contributed by atoms with E-state index >= 15 is 0 Å². The maximum absolute atomic E-state index is 13.5. The van der Waals surface area contributed by atoms with Crippen LogP contribution in [0, 0.1) is 0 Å². The zero-order valence-corrected chi connectivity index (χ0v) is 21.1. The number of esters is 1. The van der Waals surface area contributed by atoms with Crippen LogP contribution in [0.3, 0.4) is 0 Å². The van der Waals surface area contributed by atoms with Crippen LogP contribution in [0.25, 0.3) is 0 Å². The first-order valence-electron chi connectivity index (χ1n) is 12.2. The minimum atomic E-state index is -0.819. The summed E-state index contributed by atoms with van der Waals surface area (Å²) in [5.41, 5.74) is 2.56. The largest absolute Gasteiger partial charge is 0.454 e. The Morgan fingerprint density at radius 3 is 2.03 bits per heavy atom. The molecule has 7 nitrogen and oxygen atoms in total. The van der Waals surface area contributed by atoms with Gasteiger partial charge in [-0.05, 0) is 49.6 Å². The lowest BCUT2D eigenvalue weighted by atomic mass is 9.65. The summed E-state index contributed by atoms with van der Waals surface area (Å²) in [5.74, 6) is -2.28. The number of anilines is 1. The van der Waals surface area contributed by atoms with Crippen LogP contribution in [0.4, 0.5) is 5.69 Å². The number of carbonyl (C=O) groups excluding carboxylic acids is 4. The average Bonchev–Trinajstić information content (AvgIpc) is 3.12. The Balaban J connectivity index is 1.33. The zero-order valence-electron chi connectivity index (χ0n) is 21.1. The molecule has 1 unspecified atom stereocenters. The predicted octanol–water partition coefficient (Wildman–Crippen LogP) is 4.35. The number of ether oxygens (including phenoxy) is 1. The molecule has 2 aliphatic heterocycles. The van der Waals surface area contributed by atoms with Gasteiger partial charge in [-0.3, -0.25) is 24.1 Å². The molecule has 3 aromatic carbocycles. The molecule has 5 rings (SSSR count). The van der Waals surface area contributed by atoms with Gasteiger partial charge < -0.3 is 9.64 Å². The molecule has 1 atom stereocenters. The number of hydrogen-bond donors (Lipinski definition) is 0. The number of para-hydroxylation sites is 1. The molecule has 0 radical (unpaired) electrons. The van der Waals surface area contributed by atoms with Crippen molar-refractivity contribution in [2.24, 2.45) is 0 Å². The first kappa shape index (κ1) is 24.4. The highest BCUT2D eigenvalue weighted by molar-refractivity contribution is 6.22. The Morgan fingerprint density at radius 2 is 1.38 bits per heavy atom. The number of imide groups is 1. The van der Waals surface area contributed by atoms with Crippen molar-refractivity contribution >= 4 is 29.4 Å². The van der Waals surface area contributed by atoms with E-state index in [0.29, 0.717) is 6.42 Å². The van der Waals surface area contributed by atoms with Crippen LogP contribution in [-0.4, -0.2) is 47.3 Å². The van der Waals surface area contributed by atoms with Gasteiger partial charge in [0.15, 0.2) is 6.61 Å². The second-order valence-corrected chi connectivity index (χ2v) is 10.3. The van der Waals surface area contributed by atoms with Crippen LogP contribution in [0.15, 0.2) is 78.9 Å². The fourth-order valence-electron chi connectivity index (χ4n) is 5.80. The molecule has 3 amide bonds. The molecule has 188 valence electrons. The van der Waals surface area contributed by atoms with Crippen molar-refractivity contribution in [3.8, 4) is 0 Å². The van der Waals surface area contributed by atoms with Gasteiger partial charge >= 0.3 is 5.97 Å². The Morgan fingerprint density at radius 1 is 0.811 bits per heavy atom. The molecule has 2 heterocycles. The molecule has 0 fully saturated rings. The maximum atomic E-state index is 13.5. The average molecular weight is 497 g/mol. The summed E-state index contributed by atoms with van der Waals surface area (Å²) in [6.45, 7) is 5.14. The van der Waals surface area contributed by atoms with Gasteiger partial charge in [0, 0.05) is 16.6 Å². The molecule has 7 heteroatoms. The Kier molecular flexibility index (Phi) is 5.94. The molecule has 3 aromatic rings. The van der Waals surface area contributed by atoms with Gasteiger partial charge in [0.2, 0.25) is 0 Å². The number of nitrogens with zero attached hydrogens (tertiary/aromatic N) is 2. The zero-order chi connectivity index (χ0) is 26.4. The van der Waals surface area contributed by atoms with Crippen LogP contribution in [0.2, 0.25) is 0 Å². The number of rotatable bonds is 5. The molecule has 37 heavy (non-hydrogen) atoms. The summed E-state index contributed by atoms with van der Waals surface area (Å²) in [5, 5.41) is 0. The Labute approximate surface area is 215 Å². The van der Waals surface area contributed by atoms with E-state index in [2.05, 4.69) is 19.1 Å². The van der Waals surface area contributed by atoms with Crippen molar-refractivity contribution in [1.82, 2.24) is 4.90 Å². The molecular weight excluding hydrogens is 468 g/mol. The fourth-order valence-corrected chi connectivity index (χ4v) is 5.80. The standard InChI is InChI=1S/C30H28N2O5/c1-29(2)19-30(3,20-11-5-4-6-12-20)23-15-9-10-16-24(23)32(29)25(33)18-37-26(34)17-31-27(35)21-13-7-8-14-22(21)28(31)36/h4-16H,17-19H2,1-3H3. The van der Waals surface area contributed by atoms with E-state index < -0.39 is 36.5 Å². The van der Waals surface area contributed by atoms with Crippen LogP contribution in [0.5, 0.6) is 0 Å². The van der Waals surface area contributed by atoms with Gasteiger partial charge in [-0.2, -0.15) is 0 Å². The van der Waals surface area contributed by atoms with E-state index in [9.17, 15) is 19.2 Å². The lowest BCUT2D eigenvalue weighted by molar-refractivity contribution is -0.148. The number of carbonyl (C=O) groups is 4. The van der Waals surface area contributed by atoms with Crippen LogP contribution < -0.4 is 4.90 Å². The first-order chi connectivity index (χ1) is 17.6. The van der Waals surface area contributed by atoms with Crippen molar-refractivity contribution in [1.29, 1.82) is 0 Å². The first-order valence-corrected chi connectivity index (χ1v) is 12.2. The lowest BCUT2D eigenvalue weighted by Gasteiger charge is -2.51. The SMILES string of the molecule is CC1(c2ccccc2)CC(C)(C)N(C(=O)COC(=O)CN2C(=O)c3ccccc3C2=O)c2ccccc21. The van der Waals surface area contributed by atoms with Crippen molar-refractivity contribution in [2.45, 2.75) is 38.1 Å². The highest BCUT2D eigenvalue weighted by Gasteiger charge is 2.47. The topological polar surface area (TPSA) is 84.0 Å². The summed E-state index contributed by atoms with van der Waals surface area (Å²) in [7, 11) is 0. The minimum Gasteiger partial charge on any atom is -0.454 e. The van der Waals surface area contributed by atoms with E-state index in [0.717, 1.165) is 21.7 Å². The van der Waals surface area contributed by atoms with E-state index in [-0.39, 0.29) is 22.4 Å². The van der Waals surface area contributed by atoms with Gasteiger partial charge in [-0.15, -0.1) is 0 Å². The van der Waals surface area contributed by atoms with E-state index in [1.165, 1.54) is 0 Å². The van der Waals surface area contributed by atoms with Crippen LogP contribution in [0.1, 0.15) is 59.0 Å². The summed E-state index contributed by atoms with van der Waals surface area (Å²) >= 11 is 0. The number of benzene rings is 3. The van der Waals surface area contributed by atoms with Crippen molar-refractivity contribution in [3.05, 3.63) is 101 Å². The normalized spacial score (nSPS) is 19.9. The van der Waals surface area contributed by atoms with E-state index in [1.807, 2.05) is 56.3 Å². The van der Waals surface area contributed by atoms with Gasteiger partial charge in [-0.1, -0.05) is 67.6 Å². The van der Waals surface area contributed by atoms with Crippen molar-refractivity contribution < 1.29 is 23.9 Å². The molecule has 2 aliphatic rings. The van der Waals surface area contributed by atoms with Crippen molar-refractivity contribution in [3.63, 3.8) is 0 Å². The third-order valence-corrected chi connectivity index (χ3v) is 7.31. The van der Waals surface area contributed by atoms with Gasteiger partial charge in [0.1, 0.15) is 6.54 Å². The molecule has 0 aromatic heterocycles. The highest BCUT2D eigenvalue weighted by atomic mass is 16.5. The predicted molar refractivity (Wildman–Crippen MR) is 138 cm³/mol.